The zero-order valence-electron chi connectivity index (χ0n) is 11.9. The van der Waals surface area contributed by atoms with E-state index in [4.69, 9.17) is 9.31 Å². The summed E-state index contributed by atoms with van der Waals surface area (Å²) in [5, 5.41) is 0. The highest BCUT2D eigenvalue weighted by molar-refractivity contribution is 6.63. The Morgan fingerprint density at radius 3 is 2.17 bits per heavy atom. The first-order valence-electron chi connectivity index (χ1n) is 6.35. The minimum Gasteiger partial charge on any atom is -0.399 e. The summed E-state index contributed by atoms with van der Waals surface area (Å²) in [5.41, 5.74) is 2.72. The molecule has 2 nitrogen and oxygen atoms in total. The van der Waals surface area contributed by atoms with Gasteiger partial charge in [0, 0.05) is 0 Å². The summed E-state index contributed by atoms with van der Waals surface area (Å²) < 4.78 is 12.2. The first-order valence-corrected chi connectivity index (χ1v) is 6.35. The van der Waals surface area contributed by atoms with E-state index in [1.165, 1.54) is 5.56 Å². The van der Waals surface area contributed by atoms with Crippen LogP contribution in [0.5, 0.6) is 0 Å². The van der Waals surface area contributed by atoms with Crippen molar-refractivity contribution in [3.8, 4) is 0 Å². The van der Waals surface area contributed by atoms with Gasteiger partial charge in [-0.3, -0.25) is 0 Å². The molecule has 96 valence electrons. The fourth-order valence-corrected chi connectivity index (χ4v) is 2.05. The van der Waals surface area contributed by atoms with Crippen molar-refractivity contribution < 1.29 is 9.31 Å². The van der Waals surface area contributed by atoms with Crippen molar-refractivity contribution in [1.29, 1.82) is 0 Å². The Hall–Kier alpha value is -1.06. The molecule has 0 radical (unpaired) electrons. The van der Waals surface area contributed by atoms with Crippen molar-refractivity contribution in [3.63, 3.8) is 0 Å². The molecule has 1 aliphatic rings. The highest BCUT2D eigenvalue weighted by Crippen LogP contribution is 2.36. The molecule has 1 saturated heterocycles. The van der Waals surface area contributed by atoms with Crippen molar-refractivity contribution in [2.45, 2.75) is 45.8 Å². The molecule has 1 aromatic carbocycles. The van der Waals surface area contributed by atoms with Gasteiger partial charge in [0.25, 0.3) is 0 Å². The Morgan fingerprint density at radius 2 is 1.67 bits per heavy atom. The average Bonchev–Trinajstić information content (AvgIpc) is 2.48. The van der Waals surface area contributed by atoms with Gasteiger partial charge in [-0.05, 0) is 45.6 Å². The monoisotopic (exact) mass is 244 g/mol. The van der Waals surface area contributed by atoms with Crippen LogP contribution in [0.3, 0.4) is 0 Å². The van der Waals surface area contributed by atoms with Crippen LogP contribution in [-0.4, -0.2) is 18.3 Å². The minimum absolute atomic E-state index is 0.306. The molecule has 1 aliphatic heterocycles. The first-order chi connectivity index (χ1) is 8.27. The van der Waals surface area contributed by atoms with Gasteiger partial charge >= 0.3 is 7.12 Å². The lowest BCUT2D eigenvalue weighted by Gasteiger charge is -2.32. The summed E-state index contributed by atoms with van der Waals surface area (Å²) in [6.07, 6.45) is 1.85. The topological polar surface area (TPSA) is 18.5 Å². The molecule has 0 saturated carbocycles. The summed E-state index contributed by atoms with van der Waals surface area (Å²) in [6, 6.07) is 6.24. The molecule has 0 aromatic heterocycles. The SMILES string of the molecule is C=Cc1ccc(C)cc1B1OC(C)(C)C(C)(C)O1. The zero-order chi connectivity index (χ0) is 13.6. The largest absolute Gasteiger partial charge is 0.495 e. The highest BCUT2D eigenvalue weighted by atomic mass is 16.7. The van der Waals surface area contributed by atoms with Crippen molar-refractivity contribution in [1.82, 2.24) is 0 Å². The van der Waals surface area contributed by atoms with Gasteiger partial charge in [-0.2, -0.15) is 0 Å². The number of benzene rings is 1. The summed E-state index contributed by atoms with van der Waals surface area (Å²) >= 11 is 0. The molecular formula is C15H21BO2. The Kier molecular flexibility index (Phi) is 3.16. The van der Waals surface area contributed by atoms with E-state index in [-0.39, 0.29) is 18.3 Å². The molecule has 0 amide bonds. The Balaban J connectivity index is 2.40. The lowest BCUT2D eigenvalue weighted by atomic mass is 9.75. The van der Waals surface area contributed by atoms with Gasteiger partial charge in [-0.1, -0.05) is 36.4 Å². The molecule has 0 unspecified atom stereocenters. The van der Waals surface area contributed by atoms with Gasteiger partial charge in [0.15, 0.2) is 0 Å². The van der Waals surface area contributed by atoms with Crippen LogP contribution < -0.4 is 5.46 Å². The van der Waals surface area contributed by atoms with Crippen LogP contribution >= 0.6 is 0 Å². The molecule has 0 atom stereocenters. The van der Waals surface area contributed by atoms with Gasteiger partial charge in [0.2, 0.25) is 0 Å². The third-order valence-corrected chi connectivity index (χ3v) is 3.97. The van der Waals surface area contributed by atoms with Crippen LogP contribution in [0.25, 0.3) is 6.08 Å². The van der Waals surface area contributed by atoms with Gasteiger partial charge in [-0.15, -0.1) is 0 Å². The fourth-order valence-electron chi connectivity index (χ4n) is 2.05. The standard InChI is InChI=1S/C15H21BO2/c1-7-12-9-8-11(2)10-13(12)16-17-14(3,4)15(5,6)18-16/h7-10H,1H2,2-6H3. The van der Waals surface area contributed by atoms with E-state index < -0.39 is 0 Å². The maximum absolute atomic E-state index is 6.08. The minimum atomic E-state index is -0.317. The predicted octanol–water partition coefficient (Wildman–Crippen LogP) is 2.94. The van der Waals surface area contributed by atoms with Crippen LogP contribution in [0.4, 0.5) is 0 Å². The van der Waals surface area contributed by atoms with E-state index in [0.717, 1.165) is 11.0 Å². The van der Waals surface area contributed by atoms with Gasteiger partial charge in [-0.25, -0.2) is 0 Å². The second kappa shape index (κ2) is 4.25. The average molecular weight is 244 g/mol. The second-order valence-corrected chi connectivity index (χ2v) is 5.92. The fraction of sp³-hybridized carbons (Fsp3) is 0.467. The molecule has 18 heavy (non-hydrogen) atoms. The molecule has 1 aromatic rings. The van der Waals surface area contributed by atoms with E-state index in [2.05, 4.69) is 59.4 Å². The van der Waals surface area contributed by atoms with Gasteiger partial charge < -0.3 is 9.31 Å². The third-order valence-electron chi connectivity index (χ3n) is 3.97. The Bertz CT molecular complexity index is 461. The zero-order valence-corrected chi connectivity index (χ0v) is 11.9. The van der Waals surface area contributed by atoms with Crippen LogP contribution in [0.2, 0.25) is 0 Å². The van der Waals surface area contributed by atoms with Crippen LogP contribution in [0.15, 0.2) is 24.8 Å². The molecule has 2 rings (SSSR count). The number of hydrogen-bond acceptors (Lipinski definition) is 2. The lowest BCUT2D eigenvalue weighted by molar-refractivity contribution is 0.00578. The molecule has 1 fully saturated rings. The van der Waals surface area contributed by atoms with Crippen LogP contribution in [0, 0.1) is 6.92 Å². The number of rotatable bonds is 2. The molecule has 3 heteroatoms. The quantitative estimate of drug-likeness (QED) is 0.744. The molecule has 0 N–H and O–H groups in total. The van der Waals surface area contributed by atoms with Crippen molar-refractivity contribution in [3.05, 3.63) is 35.9 Å². The van der Waals surface area contributed by atoms with Crippen molar-refractivity contribution in [2.75, 3.05) is 0 Å². The third kappa shape index (κ3) is 2.13. The second-order valence-electron chi connectivity index (χ2n) is 5.92. The van der Waals surface area contributed by atoms with Crippen LogP contribution in [0.1, 0.15) is 38.8 Å². The number of hydrogen-bond donors (Lipinski definition) is 0. The lowest BCUT2D eigenvalue weighted by Crippen LogP contribution is -2.41. The summed E-state index contributed by atoms with van der Waals surface area (Å²) in [5.74, 6) is 0. The summed E-state index contributed by atoms with van der Waals surface area (Å²) in [7, 11) is -0.317. The molecule has 0 spiro atoms. The molecule has 0 aliphatic carbocycles. The summed E-state index contributed by atoms with van der Waals surface area (Å²) in [4.78, 5) is 0. The highest BCUT2D eigenvalue weighted by Gasteiger charge is 2.52. The van der Waals surface area contributed by atoms with Gasteiger partial charge in [0.1, 0.15) is 0 Å². The first kappa shape index (κ1) is 13.4. The van der Waals surface area contributed by atoms with Gasteiger partial charge in [0.05, 0.1) is 11.2 Å². The maximum Gasteiger partial charge on any atom is 0.495 e. The Morgan fingerprint density at radius 1 is 1.11 bits per heavy atom. The normalized spacial score (nSPS) is 21.1. The van der Waals surface area contributed by atoms with E-state index >= 15 is 0 Å². The van der Waals surface area contributed by atoms with Crippen LogP contribution in [-0.2, 0) is 9.31 Å². The molecule has 1 heterocycles. The van der Waals surface area contributed by atoms with E-state index in [1.807, 2.05) is 6.08 Å². The summed E-state index contributed by atoms with van der Waals surface area (Å²) in [6.45, 7) is 14.2. The Labute approximate surface area is 110 Å². The van der Waals surface area contributed by atoms with E-state index in [0.29, 0.717) is 0 Å². The van der Waals surface area contributed by atoms with E-state index in [1.54, 1.807) is 0 Å². The number of aryl methyl sites for hydroxylation is 1. The predicted molar refractivity (Wildman–Crippen MR) is 77.0 cm³/mol. The van der Waals surface area contributed by atoms with Crippen molar-refractivity contribution in [2.24, 2.45) is 0 Å². The maximum atomic E-state index is 6.08. The smallest absolute Gasteiger partial charge is 0.399 e. The molecular weight excluding hydrogens is 223 g/mol. The molecule has 0 bridgehead atoms. The van der Waals surface area contributed by atoms with Crippen molar-refractivity contribution >= 4 is 18.7 Å². The van der Waals surface area contributed by atoms with E-state index in [9.17, 15) is 0 Å².